The first kappa shape index (κ1) is 24.0. The van der Waals surface area contributed by atoms with E-state index in [2.05, 4.69) is 4.98 Å². The van der Waals surface area contributed by atoms with Crippen LogP contribution in [0, 0.1) is 6.92 Å². The van der Waals surface area contributed by atoms with Crippen molar-refractivity contribution in [3.05, 3.63) is 85.4 Å². The van der Waals surface area contributed by atoms with Crippen molar-refractivity contribution in [2.24, 2.45) is 0 Å². The summed E-state index contributed by atoms with van der Waals surface area (Å²) >= 11 is 0.978. The number of hydrogen-bond donors (Lipinski definition) is 1. The smallest absolute Gasteiger partial charge is 0.348 e. The van der Waals surface area contributed by atoms with E-state index >= 15 is 0 Å². The third-order valence-electron chi connectivity index (χ3n) is 6.18. The van der Waals surface area contributed by atoms with Gasteiger partial charge in [-0.25, -0.2) is 22.6 Å². The predicted octanol–water partition coefficient (Wildman–Crippen LogP) is 3.37. The number of ether oxygens (including phenoxy) is 1. The van der Waals surface area contributed by atoms with Gasteiger partial charge in [-0.2, -0.15) is 0 Å². The number of nitrogens with one attached hydrogen (secondary N) is 1. The average Bonchev–Trinajstić information content (AvgIpc) is 3.20. The van der Waals surface area contributed by atoms with Crippen LogP contribution in [0.2, 0.25) is 0 Å². The zero-order chi connectivity index (χ0) is 25.6. The molecule has 0 radical (unpaired) electrons. The highest BCUT2D eigenvalue weighted by atomic mass is 32.2. The third-order valence-corrected chi connectivity index (χ3v) is 9.18. The molecule has 2 aromatic heterocycles. The second-order valence-corrected chi connectivity index (χ2v) is 11.2. The summed E-state index contributed by atoms with van der Waals surface area (Å²) in [6.45, 7) is 3.81. The lowest BCUT2D eigenvalue weighted by molar-refractivity contribution is 0.0531. The van der Waals surface area contributed by atoms with Crippen molar-refractivity contribution in [2.45, 2.75) is 31.6 Å². The first-order valence-electron chi connectivity index (χ1n) is 11.4. The number of anilines is 1. The Balaban J connectivity index is 1.63. The van der Waals surface area contributed by atoms with E-state index in [4.69, 9.17) is 4.74 Å². The van der Waals surface area contributed by atoms with E-state index < -0.39 is 27.2 Å². The van der Waals surface area contributed by atoms with Gasteiger partial charge in [0.25, 0.3) is 15.6 Å². The zero-order valence-corrected chi connectivity index (χ0v) is 21.2. The molecule has 2 aromatic carbocycles. The van der Waals surface area contributed by atoms with Gasteiger partial charge in [0.2, 0.25) is 0 Å². The standard InChI is InChI=1S/C25H23N3O6S2/c1-3-34-24(30)21-15(2)20-22(35-21)26-25(31)28(23(20)29)17-10-6-11-18(14-17)36(32,33)27-13-7-9-16-8-4-5-12-19(16)27/h4-6,8,10-12,14H,3,7,9,13H2,1-2H3,(H,26,31). The van der Waals surface area contributed by atoms with E-state index in [1.54, 1.807) is 26.0 Å². The number of carbonyl (C=O) groups is 1. The van der Waals surface area contributed by atoms with E-state index in [1.165, 1.54) is 28.6 Å². The number of thiophene rings is 1. The molecular weight excluding hydrogens is 502 g/mol. The highest BCUT2D eigenvalue weighted by molar-refractivity contribution is 7.92. The van der Waals surface area contributed by atoms with Gasteiger partial charge in [0.05, 0.1) is 28.3 Å². The number of para-hydroxylation sites is 1. The Hall–Kier alpha value is -3.70. The van der Waals surface area contributed by atoms with E-state index in [0.717, 1.165) is 27.9 Å². The Labute approximate surface area is 210 Å². The Morgan fingerprint density at radius 2 is 1.92 bits per heavy atom. The van der Waals surface area contributed by atoms with Gasteiger partial charge in [-0.05, 0) is 62.1 Å². The van der Waals surface area contributed by atoms with Gasteiger partial charge in [-0.15, -0.1) is 11.3 Å². The molecular formula is C25H23N3O6S2. The van der Waals surface area contributed by atoms with Gasteiger partial charge in [-0.3, -0.25) is 14.1 Å². The van der Waals surface area contributed by atoms with E-state index in [-0.39, 0.29) is 32.3 Å². The van der Waals surface area contributed by atoms with Crippen LogP contribution < -0.4 is 15.6 Å². The summed E-state index contributed by atoms with van der Waals surface area (Å²) < 4.78 is 34.5. The zero-order valence-electron chi connectivity index (χ0n) is 19.6. The summed E-state index contributed by atoms with van der Waals surface area (Å²) in [5.41, 5.74) is 0.714. The summed E-state index contributed by atoms with van der Waals surface area (Å²) in [5, 5.41) is 0.181. The minimum Gasteiger partial charge on any atom is -0.462 e. The van der Waals surface area contributed by atoms with Gasteiger partial charge in [0.1, 0.15) is 9.71 Å². The number of fused-ring (bicyclic) bond motifs is 2. The molecule has 9 nitrogen and oxygen atoms in total. The predicted molar refractivity (Wildman–Crippen MR) is 138 cm³/mol. The first-order valence-corrected chi connectivity index (χ1v) is 13.7. The van der Waals surface area contributed by atoms with E-state index in [9.17, 15) is 22.8 Å². The van der Waals surface area contributed by atoms with Gasteiger partial charge >= 0.3 is 11.7 Å². The molecule has 0 atom stereocenters. The summed E-state index contributed by atoms with van der Waals surface area (Å²) in [5.74, 6) is -0.571. The molecule has 36 heavy (non-hydrogen) atoms. The Kier molecular flexibility index (Phi) is 6.05. The second-order valence-electron chi connectivity index (χ2n) is 8.36. The van der Waals surface area contributed by atoms with Crippen molar-refractivity contribution in [1.29, 1.82) is 0 Å². The quantitative estimate of drug-likeness (QED) is 0.399. The van der Waals surface area contributed by atoms with Gasteiger partial charge in [0, 0.05) is 6.54 Å². The van der Waals surface area contributed by atoms with Crippen LogP contribution >= 0.6 is 11.3 Å². The molecule has 1 N–H and O–H groups in total. The monoisotopic (exact) mass is 525 g/mol. The lowest BCUT2D eigenvalue weighted by atomic mass is 10.0. The summed E-state index contributed by atoms with van der Waals surface area (Å²) in [4.78, 5) is 41.8. The second kappa shape index (κ2) is 9.07. The van der Waals surface area contributed by atoms with Crippen LogP contribution in [0.15, 0.2) is 63.0 Å². The first-order chi connectivity index (χ1) is 17.2. The third kappa shape index (κ3) is 3.84. The topological polar surface area (TPSA) is 119 Å². The fourth-order valence-electron chi connectivity index (χ4n) is 4.50. The summed E-state index contributed by atoms with van der Waals surface area (Å²) in [6.07, 6.45) is 1.48. The molecule has 0 aliphatic carbocycles. The molecule has 0 unspecified atom stereocenters. The summed E-state index contributed by atoms with van der Waals surface area (Å²) in [6, 6.07) is 13.1. The fraction of sp³-hybridized carbons (Fsp3) is 0.240. The van der Waals surface area contributed by atoms with Crippen molar-refractivity contribution in [2.75, 3.05) is 17.5 Å². The summed E-state index contributed by atoms with van der Waals surface area (Å²) in [7, 11) is -3.95. The van der Waals surface area contributed by atoms with Crippen molar-refractivity contribution < 1.29 is 17.9 Å². The van der Waals surface area contributed by atoms with E-state index in [0.29, 0.717) is 24.2 Å². The fourth-order valence-corrected chi connectivity index (χ4v) is 7.16. The van der Waals surface area contributed by atoms with Gasteiger partial charge in [0.15, 0.2) is 0 Å². The molecule has 186 valence electrons. The largest absolute Gasteiger partial charge is 0.462 e. The maximum absolute atomic E-state index is 13.6. The van der Waals surface area contributed by atoms with Crippen LogP contribution in [0.25, 0.3) is 15.9 Å². The van der Waals surface area contributed by atoms with Crippen molar-refractivity contribution in [3.63, 3.8) is 0 Å². The minimum absolute atomic E-state index is 0.0302. The maximum Gasteiger partial charge on any atom is 0.348 e. The Morgan fingerprint density at radius 3 is 2.69 bits per heavy atom. The normalized spacial score (nSPS) is 13.6. The van der Waals surface area contributed by atoms with Crippen LogP contribution in [0.3, 0.4) is 0 Å². The van der Waals surface area contributed by atoms with Crippen molar-refractivity contribution in [3.8, 4) is 5.69 Å². The molecule has 0 amide bonds. The van der Waals surface area contributed by atoms with Crippen LogP contribution in [0.5, 0.6) is 0 Å². The maximum atomic E-state index is 13.6. The lowest BCUT2D eigenvalue weighted by Crippen LogP contribution is -2.36. The van der Waals surface area contributed by atoms with Gasteiger partial charge < -0.3 is 4.74 Å². The molecule has 5 rings (SSSR count). The number of carbonyl (C=O) groups excluding carboxylic acids is 1. The molecule has 0 fully saturated rings. The molecule has 1 aliphatic rings. The van der Waals surface area contributed by atoms with Crippen LogP contribution in [0.4, 0.5) is 5.69 Å². The number of rotatable bonds is 5. The highest BCUT2D eigenvalue weighted by Crippen LogP contribution is 2.32. The van der Waals surface area contributed by atoms with Crippen molar-refractivity contribution >= 4 is 43.2 Å². The molecule has 4 aromatic rings. The Morgan fingerprint density at radius 1 is 1.14 bits per heavy atom. The minimum atomic E-state index is -3.95. The SMILES string of the molecule is CCOC(=O)c1sc2[nH]c(=O)n(-c3cccc(S(=O)(=O)N4CCCc5ccccc54)c3)c(=O)c2c1C. The van der Waals surface area contributed by atoms with Crippen molar-refractivity contribution in [1.82, 2.24) is 9.55 Å². The van der Waals surface area contributed by atoms with E-state index in [1.807, 2.05) is 12.1 Å². The number of hydrogen-bond acceptors (Lipinski definition) is 7. The molecule has 11 heteroatoms. The molecule has 0 spiro atoms. The number of aromatic nitrogens is 2. The number of esters is 1. The average molecular weight is 526 g/mol. The number of sulfonamides is 1. The molecule has 3 heterocycles. The Bertz CT molecular complexity index is 1730. The molecule has 0 bridgehead atoms. The lowest BCUT2D eigenvalue weighted by Gasteiger charge is -2.30. The number of nitrogens with zero attached hydrogens (tertiary/aromatic N) is 2. The number of aryl methyl sites for hydroxylation is 2. The van der Waals surface area contributed by atoms with Gasteiger partial charge in [-0.1, -0.05) is 24.3 Å². The number of H-pyrrole nitrogens is 1. The van der Waals surface area contributed by atoms with Crippen LogP contribution in [-0.4, -0.2) is 37.1 Å². The molecule has 1 aliphatic heterocycles. The van der Waals surface area contributed by atoms with Crippen LogP contribution in [-0.2, 0) is 21.2 Å². The number of aromatic amines is 1. The highest BCUT2D eigenvalue weighted by Gasteiger charge is 2.29. The number of benzene rings is 2. The molecule has 0 saturated heterocycles. The van der Waals surface area contributed by atoms with Crippen LogP contribution in [0.1, 0.15) is 34.1 Å². The molecule has 0 saturated carbocycles.